The monoisotopic (exact) mass is 426 g/mol. The highest BCUT2D eigenvalue weighted by Crippen LogP contribution is 2.41. The minimum absolute atomic E-state index is 0.300. The smallest absolute Gasteiger partial charge is 0.225 e. The van der Waals surface area contributed by atoms with Gasteiger partial charge in [-0.05, 0) is 50.0 Å². The largest absolute Gasteiger partial charge is 0.352 e. The van der Waals surface area contributed by atoms with Crippen LogP contribution in [-0.2, 0) is 24.1 Å². The van der Waals surface area contributed by atoms with Crippen molar-refractivity contribution in [3.8, 4) is 0 Å². The first kappa shape index (κ1) is 20.2. The van der Waals surface area contributed by atoms with Crippen molar-refractivity contribution in [2.45, 2.75) is 71.6 Å². The van der Waals surface area contributed by atoms with Gasteiger partial charge < -0.3 is 9.80 Å². The van der Waals surface area contributed by atoms with Crippen LogP contribution in [0.1, 0.15) is 68.6 Å². The number of unbranched alkanes of at least 4 members (excludes halogenated alkanes) is 1. The van der Waals surface area contributed by atoms with Crippen LogP contribution in [0.2, 0.25) is 0 Å². The molecule has 0 aromatic carbocycles. The number of fused-ring (bicyclic) bond motifs is 3. The van der Waals surface area contributed by atoms with Gasteiger partial charge in [0.1, 0.15) is 16.5 Å². The van der Waals surface area contributed by atoms with Crippen molar-refractivity contribution in [1.29, 1.82) is 0 Å². The number of carbonyl (C=O) groups excluding carboxylic acids is 1. The summed E-state index contributed by atoms with van der Waals surface area (Å²) in [4.78, 5) is 30.0. The zero-order valence-corrected chi connectivity index (χ0v) is 19.3. The quantitative estimate of drug-likeness (QED) is 0.701. The molecule has 0 spiro atoms. The summed E-state index contributed by atoms with van der Waals surface area (Å²) >= 11 is 1.91. The maximum atomic E-state index is 12.7. The Morgan fingerprint density at radius 1 is 1.13 bits per heavy atom. The number of hydrogen-bond acceptors (Lipinski definition) is 5. The molecule has 1 saturated carbocycles. The Balaban J connectivity index is 1.44. The molecular formula is C24H34N4OS. The van der Waals surface area contributed by atoms with E-state index in [4.69, 9.17) is 9.97 Å². The maximum Gasteiger partial charge on any atom is 0.225 e. The minimum atomic E-state index is 0.300. The van der Waals surface area contributed by atoms with Crippen LogP contribution in [0.4, 0.5) is 5.82 Å². The van der Waals surface area contributed by atoms with Gasteiger partial charge >= 0.3 is 0 Å². The number of nitrogens with zero attached hydrogens (tertiary/aromatic N) is 4. The van der Waals surface area contributed by atoms with Crippen molar-refractivity contribution in [2.24, 2.45) is 11.8 Å². The molecule has 3 heterocycles. The molecule has 2 aliphatic carbocycles. The van der Waals surface area contributed by atoms with E-state index < -0.39 is 0 Å². The first-order chi connectivity index (χ1) is 14.6. The average Bonchev–Trinajstić information content (AvgIpc) is 3.07. The molecule has 5 rings (SSSR count). The van der Waals surface area contributed by atoms with Gasteiger partial charge in [0.25, 0.3) is 0 Å². The second-order valence-electron chi connectivity index (χ2n) is 9.54. The minimum Gasteiger partial charge on any atom is -0.352 e. The average molecular weight is 427 g/mol. The summed E-state index contributed by atoms with van der Waals surface area (Å²) in [7, 11) is 0. The molecule has 5 nitrogen and oxygen atoms in total. The van der Waals surface area contributed by atoms with Gasteiger partial charge in [0.15, 0.2) is 0 Å². The highest BCUT2D eigenvalue weighted by molar-refractivity contribution is 7.19. The van der Waals surface area contributed by atoms with Gasteiger partial charge in [0, 0.05) is 43.4 Å². The van der Waals surface area contributed by atoms with E-state index in [0.717, 1.165) is 82.3 Å². The molecule has 1 atom stereocenters. The predicted octanol–water partition coefficient (Wildman–Crippen LogP) is 4.61. The molecule has 0 bridgehead atoms. The van der Waals surface area contributed by atoms with Crippen molar-refractivity contribution in [2.75, 3.05) is 31.1 Å². The van der Waals surface area contributed by atoms with Crippen LogP contribution in [0.25, 0.3) is 10.2 Å². The lowest BCUT2D eigenvalue weighted by Gasteiger charge is -2.39. The molecule has 1 amide bonds. The number of carbonyl (C=O) groups is 1. The topological polar surface area (TPSA) is 49.3 Å². The first-order valence-electron chi connectivity index (χ1n) is 12.0. The number of anilines is 1. The van der Waals surface area contributed by atoms with Crippen LogP contribution in [0.15, 0.2) is 0 Å². The fraction of sp³-hybridized carbons (Fsp3) is 0.708. The van der Waals surface area contributed by atoms with Gasteiger partial charge in [-0.15, -0.1) is 11.3 Å². The fourth-order valence-electron chi connectivity index (χ4n) is 5.09. The summed E-state index contributed by atoms with van der Waals surface area (Å²) in [6, 6.07) is 0. The van der Waals surface area contributed by atoms with E-state index in [-0.39, 0.29) is 0 Å². The van der Waals surface area contributed by atoms with E-state index >= 15 is 0 Å². The van der Waals surface area contributed by atoms with Crippen molar-refractivity contribution in [3.63, 3.8) is 0 Å². The summed E-state index contributed by atoms with van der Waals surface area (Å²) < 4.78 is 0. The normalized spacial score (nSPS) is 22.3. The highest BCUT2D eigenvalue weighted by Gasteiger charge is 2.32. The SMILES string of the molecule is CCCCc1nc(N2CCN(C(=O)C3CCC3)CC2)c2c3c(sc2n1)CC(C)CC3. The van der Waals surface area contributed by atoms with Crippen LogP contribution in [0.3, 0.4) is 0 Å². The van der Waals surface area contributed by atoms with E-state index in [1.165, 1.54) is 39.9 Å². The summed E-state index contributed by atoms with van der Waals surface area (Å²) in [5, 5.41) is 1.32. The molecule has 0 N–H and O–H groups in total. The molecule has 1 unspecified atom stereocenters. The van der Waals surface area contributed by atoms with Gasteiger partial charge in [-0.25, -0.2) is 9.97 Å². The molecule has 0 radical (unpaired) electrons. The zero-order chi connectivity index (χ0) is 20.7. The maximum absolute atomic E-state index is 12.7. The molecule has 2 aromatic rings. The lowest BCUT2D eigenvalue weighted by molar-refractivity contribution is -0.138. The van der Waals surface area contributed by atoms with E-state index in [1.54, 1.807) is 0 Å². The molecule has 1 aliphatic heterocycles. The van der Waals surface area contributed by atoms with Gasteiger partial charge in [0.05, 0.1) is 5.39 Å². The number of thiophene rings is 1. The Morgan fingerprint density at radius 2 is 1.93 bits per heavy atom. The van der Waals surface area contributed by atoms with Crippen molar-refractivity contribution < 1.29 is 4.79 Å². The Hall–Kier alpha value is -1.69. The molecule has 6 heteroatoms. The number of aromatic nitrogens is 2. The van der Waals surface area contributed by atoms with E-state index in [9.17, 15) is 4.79 Å². The molecule has 1 saturated heterocycles. The zero-order valence-electron chi connectivity index (χ0n) is 18.5. The van der Waals surface area contributed by atoms with Crippen LogP contribution in [0, 0.1) is 11.8 Å². The standard InChI is InChI=1S/C24H34N4OS/c1-3-4-8-20-25-22(21-18-10-9-16(2)15-19(18)30-23(21)26-20)27-11-13-28(14-12-27)24(29)17-6-5-7-17/h16-17H,3-15H2,1-2H3. The summed E-state index contributed by atoms with van der Waals surface area (Å²) in [5.41, 5.74) is 1.51. The summed E-state index contributed by atoms with van der Waals surface area (Å²) in [5.74, 6) is 3.60. The molecule has 2 fully saturated rings. The van der Waals surface area contributed by atoms with Crippen LogP contribution < -0.4 is 4.90 Å². The van der Waals surface area contributed by atoms with Gasteiger partial charge in [-0.2, -0.15) is 0 Å². The highest BCUT2D eigenvalue weighted by atomic mass is 32.1. The van der Waals surface area contributed by atoms with E-state index in [1.807, 2.05) is 11.3 Å². The van der Waals surface area contributed by atoms with Crippen LogP contribution in [-0.4, -0.2) is 47.0 Å². The fourth-order valence-corrected chi connectivity index (χ4v) is 6.49. The van der Waals surface area contributed by atoms with E-state index in [2.05, 4.69) is 23.6 Å². The number of hydrogen-bond donors (Lipinski definition) is 0. The second-order valence-corrected chi connectivity index (χ2v) is 10.6. The summed E-state index contributed by atoms with van der Waals surface area (Å²) in [6.07, 6.45) is 10.3. The van der Waals surface area contributed by atoms with Crippen LogP contribution in [0.5, 0.6) is 0 Å². The Morgan fingerprint density at radius 3 is 2.63 bits per heavy atom. The molecule has 2 aromatic heterocycles. The van der Waals surface area contributed by atoms with Crippen LogP contribution >= 0.6 is 11.3 Å². The lowest BCUT2D eigenvalue weighted by atomic mass is 9.84. The number of aryl methyl sites for hydroxylation is 2. The van der Waals surface area contributed by atoms with Gasteiger partial charge in [0.2, 0.25) is 5.91 Å². The Bertz CT molecular complexity index is 927. The molecule has 30 heavy (non-hydrogen) atoms. The number of piperazine rings is 1. The second kappa shape index (κ2) is 8.45. The van der Waals surface area contributed by atoms with Crippen molar-refractivity contribution in [3.05, 3.63) is 16.3 Å². The van der Waals surface area contributed by atoms with Gasteiger partial charge in [-0.1, -0.05) is 26.7 Å². The van der Waals surface area contributed by atoms with Gasteiger partial charge in [-0.3, -0.25) is 4.79 Å². The van der Waals surface area contributed by atoms with E-state index in [0.29, 0.717) is 11.8 Å². The van der Waals surface area contributed by atoms with Crippen molar-refractivity contribution in [1.82, 2.24) is 14.9 Å². The predicted molar refractivity (Wildman–Crippen MR) is 123 cm³/mol. The summed E-state index contributed by atoms with van der Waals surface area (Å²) in [6.45, 7) is 8.02. The Kier molecular flexibility index (Phi) is 5.69. The van der Waals surface area contributed by atoms with Crippen molar-refractivity contribution >= 4 is 33.3 Å². The third kappa shape index (κ3) is 3.72. The molecule has 3 aliphatic rings. The number of rotatable bonds is 5. The third-order valence-electron chi connectivity index (χ3n) is 7.28. The first-order valence-corrected chi connectivity index (χ1v) is 12.8. The Labute approximate surface area is 183 Å². The molecular weight excluding hydrogens is 392 g/mol. The lowest BCUT2D eigenvalue weighted by Crippen LogP contribution is -2.51. The third-order valence-corrected chi connectivity index (χ3v) is 8.43. The molecule has 162 valence electrons. The number of amides is 1.